The van der Waals surface area contributed by atoms with E-state index in [1.54, 1.807) is 0 Å². The smallest absolute Gasteiger partial charge is 0.0503 e. The molecule has 21 heavy (non-hydrogen) atoms. The molecule has 1 N–H and O–H groups in total. The summed E-state index contributed by atoms with van der Waals surface area (Å²) >= 11 is 0. The minimum atomic E-state index is -0.617. The van der Waals surface area contributed by atoms with Crippen molar-refractivity contribution >= 4 is 10.8 Å². The Morgan fingerprint density at radius 1 is 1.00 bits per heavy atom. The summed E-state index contributed by atoms with van der Waals surface area (Å²) in [4.78, 5) is 0. The van der Waals surface area contributed by atoms with Crippen molar-refractivity contribution in [2.24, 2.45) is 11.8 Å². The van der Waals surface area contributed by atoms with Gasteiger partial charge in [0.2, 0.25) is 0 Å². The summed E-state index contributed by atoms with van der Waals surface area (Å²) in [5.41, 5.74) is 0. The Balaban J connectivity index is 1.91. The van der Waals surface area contributed by atoms with Gasteiger partial charge in [0.15, 0.2) is 0 Å². The molecule has 124 valence electrons. The van der Waals surface area contributed by atoms with Gasteiger partial charge in [0.1, 0.15) is 0 Å². The summed E-state index contributed by atoms with van der Waals surface area (Å²) in [7, 11) is -0.617. The minimum Gasteiger partial charge on any atom is -0.313 e. The molecule has 0 heterocycles. The van der Waals surface area contributed by atoms with Crippen molar-refractivity contribution < 1.29 is 4.21 Å². The third-order valence-electron chi connectivity index (χ3n) is 5.47. The first-order valence-electron chi connectivity index (χ1n) is 9.35. The molecule has 0 aromatic rings. The predicted octanol–water partition coefficient (Wildman–Crippen LogP) is 4.26. The maximum absolute atomic E-state index is 12.9. The molecule has 0 aromatic carbocycles. The second-order valence-corrected chi connectivity index (χ2v) is 8.97. The van der Waals surface area contributed by atoms with E-state index in [4.69, 9.17) is 0 Å². The van der Waals surface area contributed by atoms with E-state index in [0.717, 1.165) is 24.1 Å². The van der Waals surface area contributed by atoms with E-state index >= 15 is 0 Å². The number of hydrogen-bond acceptors (Lipinski definition) is 2. The van der Waals surface area contributed by atoms with E-state index in [2.05, 4.69) is 19.2 Å². The van der Waals surface area contributed by atoms with Crippen LogP contribution in [-0.2, 0) is 10.8 Å². The van der Waals surface area contributed by atoms with E-state index in [1.807, 2.05) is 0 Å². The third-order valence-corrected chi connectivity index (χ3v) is 7.46. The van der Waals surface area contributed by atoms with Crippen LogP contribution in [0.1, 0.15) is 78.1 Å². The zero-order valence-corrected chi connectivity index (χ0v) is 14.9. The van der Waals surface area contributed by atoms with E-state index in [9.17, 15) is 4.21 Å². The van der Waals surface area contributed by atoms with Gasteiger partial charge in [0.05, 0.1) is 5.25 Å². The Kier molecular flexibility index (Phi) is 7.73. The van der Waals surface area contributed by atoms with Gasteiger partial charge in [-0.05, 0) is 56.9 Å². The second kappa shape index (κ2) is 9.29. The minimum absolute atomic E-state index is 0.419. The lowest BCUT2D eigenvalue weighted by molar-refractivity contribution is 0.283. The van der Waals surface area contributed by atoms with E-state index in [1.165, 1.54) is 64.2 Å². The van der Waals surface area contributed by atoms with Crippen molar-refractivity contribution in [2.75, 3.05) is 12.3 Å². The van der Waals surface area contributed by atoms with E-state index in [-0.39, 0.29) is 0 Å². The average molecular weight is 314 g/mol. The van der Waals surface area contributed by atoms with Gasteiger partial charge in [-0.1, -0.05) is 39.5 Å². The highest BCUT2D eigenvalue weighted by molar-refractivity contribution is 7.85. The van der Waals surface area contributed by atoms with Crippen molar-refractivity contribution in [1.82, 2.24) is 5.32 Å². The summed E-state index contributed by atoms with van der Waals surface area (Å²) in [6.07, 6.45) is 12.9. The number of nitrogens with one attached hydrogen (secondary N) is 1. The molecule has 2 aliphatic rings. The number of rotatable bonds is 8. The maximum atomic E-state index is 12.9. The van der Waals surface area contributed by atoms with Gasteiger partial charge in [-0.25, -0.2) is 0 Å². The summed E-state index contributed by atoms with van der Waals surface area (Å²) in [6, 6.07) is 0.514. The van der Waals surface area contributed by atoms with Crippen molar-refractivity contribution in [2.45, 2.75) is 89.3 Å². The third kappa shape index (κ3) is 5.35. The van der Waals surface area contributed by atoms with Crippen molar-refractivity contribution in [3.63, 3.8) is 0 Å². The van der Waals surface area contributed by atoms with Crippen LogP contribution in [0.2, 0.25) is 0 Å². The van der Waals surface area contributed by atoms with Crippen LogP contribution in [0.25, 0.3) is 0 Å². The first kappa shape index (κ1) is 17.5. The maximum Gasteiger partial charge on any atom is 0.0503 e. The molecule has 2 aliphatic carbocycles. The average Bonchev–Trinajstić information content (AvgIpc) is 2.99. The van der Waals surface area contributed by atoms with E-state index in [0.29, 0.717) is 11.3 Å². The lowest BCUT2D eigenvalue weighted by atomic mass is 9.83. The molecule has 4 atom stereocenters. The molecule has 3 heteroatoms. The molecular formula is C18H35NOS. The standard InChI is InChI=1S/C18H35NOS/c1-3-7-15-10-11-17(19-12-4-2)18(13-15)21(20)14-16-8-5-6-9-16/h15-19H,3-14H2,1-2H3. The molecule has 0 aromatic heterocycles. The first-order chi connectivity index (χ1) is 10.2. The van der Waals surface area contributed by atoms with Gasteiger partial charge in [-0.2, -0.15) is 0 Å². The summed E-state index contributed by atoms with van der Waals surface area (Å²) < 4.78 is 12.9. The topological polar surface area (TPSA) is 29.1 Å². The van der Waals surface area contributed by atoms with Gasteiger partial charge < -0.3 is 5.32 Å². The van der Waals surface area contributed by atoms with Gasteiger partial charge in [-0.15, -0.1) is 0 Å². The van der Waals surface area contributed by atoms with Crippen LogP contribution in [0, 0.1) is 11.8 Å². The molecular weight excluding hydrogens is 278 g/mol. The molecule has 2 saturated carbocycles. The molecule has 0 amide bonds. The van der Waals surface area contributed by atoms with Crippen LogP contribution >= 0.6 is 0 Å². The molecule has 2 rings (SSSR count). The fourth-order valence-electron chi connectivity index (χ4n) is 4.27. The molecule has 2 fully saturated rings. The largest absolute Gasteiger partial charge is 0.313 e. The summed E-state index contributed by atoms with van der Waals surface area (Å²) in [6.45, 7) is 5.59. The van der Waals surface area contributed by atoms with Crippen LogP contribution in [0.3, 0.4) is 0 Å². The SMILES string of the molecule is CCCNC1CCC(CCC)CC1S(=O)CC1CCCC1. The van der Waals surface area contributed by atoms with Gasteiger partial charge in [0, 0.05) is 22.6 Å². The highest BCUT2D eigenvalue weighted by atomic mass is 32.2. The Morgan fingerprint density at radius 2 is 1.76 bits per heavy atom. The van der Waals surface area contributed by atoms with Gasteiger partial charge >= 0.3 is 0 Å². The fraction of sp³-hybridized carbons (Fsp3) is 1.00. The predicted molar refractivity (Wildman–Crippen MR) is 93.1 cm³/mol. The fourth-order valence-corrected chi connectivity index (χ4v) is 6.40. The molecule has 4 unspecified atom stereocenters. The molecule has 0 saturated heterocycles. The highest BCUT2D eigenvalue weighted by Gasteiger charge is 2.34. The zero-order valence-electron chi connectivity index (χ0n) is 14.1. The first-order valence-corrected chi connectivity index (χ1v) is 10.7. The quantitative estimate of drug-likeness (QED) is 0.725. The van der Waals surface area contributed by atoms with Crippen LogP contribution in [-0.4, -0.2) is 27.8 Å². The molecule has 0 radical (unpaired) electrons. The lowest BCUT2D eigenvalue weighted by Gasteiger charge is -2.36. The lowest BCUT2D eigenvalue weighted by Crippen LogP contribution is -2.47. The van der Waals surface area contributed by atoms with Crippen LogP contribution in [0.4, 0.5) is 0 Å². The Hall–Kier alpha value is 0.110. The highest BCUT2D eigenvalue weighted by Crippen LogP contribution is 2.33. The number of hydrogen-bond donors (Lipinski definition) is 1. The Morgan fingerprint density at radius 3 is 2.43 bits per heavy atom. The van der Waals surface area contributed by atoms with Crippen LogP contribution in [0.15, 0.2) is 0 Å². The van der Waals surface area contributed by atoms with Crippen LogP contribution in [0.5, 0.6) is 0 Å². The van der Waals surface area contributed by atoms with Gasteiger partial charge in [-0.3, -0.25) is 4.21 Å². The van der Waals surface area contributed by atoms with Crippen molar-refractivity contribution in [3.8, 4) is 0 Å². The summed E-state index contributed by atoms with van der Waals surface area (Å²) in [5.74, 6) is 2.56. The Labute approximate surface area is 134 Å². The van der Waals surface area contributed by atoms with Crippen molar-refractivity contribution in [3.05, 3.63) is 0 Å². The normalized spacial score (nSPS) is 32.4. The molecule has 0 aliphatic heterocycles. The van der Waals surface area contributed by atoms with E-state index < -0.39 is 10.8 Å². The zero-order chi connectivity index (χ0) is 15.1. The second-order valence-electron chi connectivity index (χ2n) is 7.26. The van der Waals surface area contributed by atoms with Gasteiger partial charge in [0.25, 0.3) is 0 Å². The molecule has 0 bridgehead atoms. The molecule has 2 nitrogen and oxygen atoms in total. The van der Waals surface area contributed by atoms with Crippen molar-refractivity contribution in [1.29, 1.82) is 0 Å². The Bertz CT molecular complexity index is 314. The summed E-state index contributed by atoms with van der Waals surface area (Å²) in [5, 5.41) is 4.12. The van der Waals surface area contributed by atoms with Crippen LogP contribution < -0.4 is 5.32 Å². The monoisotopic (exact) mass is 313 g/mol. The molecule has 0 spiro atoms.